The third kappa shape index (κ3) is 74.2. The van der Waals surface area contributed by atoms with Crippen LogP contribution in [-0.2, 0) is 103 Å². The van der Waals surface area contributed by atoms with E-state index < -0.39 is 7.60 Å². The topological polar surface area (TPSA) is 172 Å². The van der Waals surface area contributed by atoms with Crippen molar-refractivity contribution in [3.8, 4) is 0 Å². The summed E-state index contributed by atoms with van der Waals surface area (Å²) in [5, 5.41) is 0.370. The van der Waals surface area contributed by atoms with Crippen LogP contribution < -0.4 is 0 Å². The molecule has 2 fully saturated rings. The molecule has 2 saturated heterocycles. The first-order chi connectivity index (χ1) is 25.8. The van der Waals surface area contributed by atoms with E-state index in [0.717, 1.165) is 51.2 Å². The van der Waals surface area contributed by atoms with Gasteiger partial charge in [-0.25, -0.2) is 4.79 Å². The molecule has 0 aromatic carbocycles. The fourth-order valence-electron chi connectivity index (χ4n) is 2.95. The summed E-state index contributed by atoms with van der Waals surface area (Å²) in [7, 11) is -3.65. The molecule has 0 aliphatic carbocycles. The Kier molecular flexibility index (Phi) is 126. The van der Waals surface area contributed by atoms with Gasteiger partial charge in [0.1, 0.15) is 6.10 Å². The molecule has 66 heavy (non-hydrogen) atoms. The molecule has 405 valence electrons. The summed E-state index contributed by atoms with van der Waals surface area (Å²) < 4.78 is 41.3. The van der Waals surface area contributed by atoms with Crippen LogP contribution in [0.3, 0.4) is 0 Å². The van der Waals surface area contributed by atoms with E-state index in [0.29, 0.717) is 11.2 Å². The van der Waals surface area contributed by atoms with Gasteiger partial charge in [0.15, 0.2) is 5.12 Å². The Morgan fingerprint density at radius 1 is 0.758 bits per heavy atom. The van der Waals surface area contributed by atoms with Crippen LogP contribution >= 0.6 is 19.4 Å². The summed E-state index contributed by atoms with van der Waals surface area (Å²) >= 11 is 3.99. The molecule has 1 aromatic heterocycles. The van der Waals surface area contributed by atoms with Crippen molar-refractivity contribution in [2.24, 2.45) is 5.92 Å². The molecule has 0 spiro atoms. The van der Waals surface area contributed by atoms with Crippen molar-refractivity contribution in [1.82, 2.24) is 0 Å². The van der Waals surface area contributed by atoms with Crippen LogP contribution in [0.2, 0.25) is 0 Å². The van der Waals surface area contributed by atoms with Gasteiger partial charge in [-0.1, -0.05) is 160 Å². The van der Waals surface area contributed by atoms with Gasteiger partial charge in [0.05, 0.1) is 12.2 Å². The number of aryl methyl sites for hydroxylation is 2. The molecule has 4 atom stereocenters. The first-order valence-electron chi connectivity index (χ1n) is 19.3. The SMILES string of the molecule is C.C.C.C.C.C.C.C.C.CC.CC.CC1C=CC(=O)O1.CC1C=COC1=O.CCC.CCC1O[C](=[W])OC1C.CCCC.CCP(=O)(O)O.CCc1o[c](=[W])oc1C.O=C1CCCS1.[Re].[Rf]. The fraction of sp³-hybridized carbons (Fsp3) is 0.771. The molecular weight excluding hydrogens is 1650 g/mol. The van der Waals surface area contributed by atoms with Crippen LogP contribution in [0.4, 0.5) is 0 Å². The summed E-state index contributed by atoms with van der Waals surface area (Å²) in [4.78, 5) is 46.5. The minimum atomic E-state index is -3.65. The zero-order chi connectivity index (χ0) is 44.0. The maximum absolute atomic E-state index is 10.3. The fourth-order valence-corrected chi connectivity index (χ4v) is 5.55. The van der Waals surface area contributed by atoms with Crippen LogP contribution in [0, 0.1) is 16.8 Å². The summed E-state index contributed by atoms with van der Waals surface area (Å²) in [5.74, 6) is 2.54. The molecule has 12 nitrogen and oxygen atoms in total. The van der Waals surface area contributed by atoms with Crippen molar-refractivity contribution in [2.45, 2.75) is 234 Å². The van der Waals surface area contributed by atoms with Gasteiger partial charge in [0, 0.05) is 44.8 Å². The van der Waals surface area contributed by atoms with E-state index >= 15 is 0 Å². The molecule has 1 aromatic rings. The largest absolute Gasteiger partial charge is 0.287 e. The van der Waals surface area contributed by atoms with Crippen molar-refractivity contribution in [1.29, 1.82) is 0 Å². The molecule has 18 heteroatoms. The van der Waals surface area contributed by atoms with E-state index in [9.17, 15) is 18.9 Å². The van der Waals surface area contributed by atoms with Gasteiger partial charge in [-0.05, 0) is 32.4 Å². The number of esters is 2. The third-order valence-electron chi connectivity index (χ3n) is 6.04. The number of cyclic esters (lactones) is 2. The van der Waals surface area contributed by atoms with Crippen molar-refractivity contribution < 1.29 is 116 Å². The predicted octanol–water partition coefficient (Wildman–Crippen LogP) is 16.1. The predicted molar refractivity (Wildman–Crippen MR) is 277 cm³/mol. The van der Waals surface area contributed by atoms with E-state index in [-0.39, 0.29) is 123 Å². The number of thioether (sulfide) groups is 1. The van der Waals surface area contributed by atoms with Crippen LogP contribution in [-0.4, -0.2) is 61.3 Å². The molecule has 4 unspecified atom stereocenters. The van der Waals surface area contributed by atoms with Gasteiger partial charge >= 0.3 is 149 Å². The average Bonchev–Trinajstić information content (AvgIpc) is 4.00. The number of hydrogen-bond donors (Lipinski definition) is 2. The molecule has 0 saturated carbocycles. The summed E-state index contributed by atoms with van der Waals surface area (Å²) in [6, 6.07) is 0. The number of carbonyl (C=O) groups is 3. The Hall–Kier alpha value is -1.37. The maximum atomic E-state index is 10.3. The zero-order valence-corrected chi connectivity index (χ0v) is 53.9. The second kappa shape index (κ2) is 75.1. The molecule has 4 aliphatic rings. The second-order valence-electron chi connectivity index (χ2n) is 11.0. The van der Waals surface area contributed by atoms with E-state index in [1.807, 2.05) is 48.5 Å². The quantitative estimate of drug-likeness (QED) is 0.216. The van der Waals surface area contributed by atoms with Crippen molar-refractivity contribution in [3.05, 3.63) is 39.9 Å². The average molecular weight is 1760 g/mol. The summed E-state index contributed by atoms with van der Waals surface area (Å²) in [6.45, 7) is 29.8. The van der Waals surface area contributed by atoms with Gasteiger partial charge in [-0.15, -0.1) is 0 Å². The third-order valence-corrected chi connectivity index (χ3v) is 9.17. The Labute approximate surface area is 444 Å². The minimum Gasteiger partial charge on any atom is -0.287 e. The van der Waals surface area contributed by atoms with Gasteiger partial charge in [-0.3, -0.25) is 14.2 Å². The monoisotopic (exact) mass is 1760 g/mol. The van der Waals surface area contributed by atoms with E-state index in [1.165, 1.54) is 89.0 Å². The van der Waals surface area contributed by atoms with Gasteiger partial charge < -0.3 is 19.3 Å². The number of rotatable bonds is 4. The first kappa shape index (κ1) is 111. The van der Waals surface area contributed by atoms with Crippen LogP contribution in [0.25, 0.3) is 0 Å². The summed E-state index contributed by atoms with van der Waals surface area (Å²) in [6.07, 6.45) is 14.6. The van der Waals surface area contributed by atoms with Crippen molar-refractivity contribution in [2.75, 3.05) is 11.9 Å². The number of unbranched alkanes of at least 4 members (excludes halogenated alkanes) is 1. The first-order valence-corrected chi connectivity index (χ1v) is 25.0. The smallest absolute Gasteiger partial charge is 0.188 e. The van der Waals surface area contributed by atoms with Crippen LogP contribution in [0.15, 0.2) is 33.3 Å². The summed E-state index contributed by atoms with van der Waals surface area (Å²) in [5.41, 5.74) is 0. The van der Waals surface area contributed by atoms with E-state index in [2.05, 4.69) is 51.0 Å². The number of carbonyl (C=O) groups excluding carboxylic acids is 3. The van der Waals surface area contributed by atoms with Gasteiger partial charge in [0.2, 0.25) is 0 Å². The normalized spacial score (nSPS) is 16.2. The maximum Gasteiger partial charge on any atom is 0.188 e. The molecule has 0 amide bonds. The Balaban J connectivity index is -0.0000000303. The Morgan fingerprint density at radius 2 is 1.20 bits per heavy atom. The molecule has 2 N–H and O–H groups in total. The number of ether oxygens (including phenoxy) is 4. The van der Waals surface area contributed by atoms with Crippen molar-refractivity contribution >= 4 is 40.7 Å². The Bertz CT molecular complexity index is 1280. The minimum absolute atomic E-state index is 0. The van der Waals surface area contributed by atoms with Crippen LogP contribution in [0.1, 0.15) is 214 Å². The Morgan fingerprint density at radius 3 is 1.30 bits per heavy atom. The molecule has 5 rings (SSSR count). The second-order valence-corrected chi connectivity index (χ2v) is 16.5. The van der Waals surface area contributed by atoms with Gasteiger partial charge in [0.25, 0.3) is 0 Å². The van der Waals surface area contributed by atoms with E-state index in [4.69, 9.17) is 28.1 Å². The molecule has 4 aliphatic heterocycles. The standard InChI is InChI=1S/C6H10O2.C6H8O2.2C5H6O2.C4H6OS.C4H10.C3H8.C2H7O3P.2C2H6.9CH4.Re.Rf.2W/c2*1-3-6-5(2)7-4-8-6;1-4-2-3-7-5(4)6;1-4-2-3-5(6)7-4;5-4-2-1-3-6-4;1-3-4-2;1-3-2;1-2-6(3,4)5;2*1-2;;;;;;;;;;;;;/h5-6H,3H2,1-2H3;3H2,1-2H3;2*2-4H,1H3;1-3H2;3-4H2,1-2H3;3H2,1-2H3;2H2,1H3,(H2,3,4,5);2*1-2H3;9*1H4;;;;. The molecule has 1 radical (unpaired) electrons. The zero-order valence-electron chi connectivity index (χ0n) is 37.2. The molecule has 5 heterocycles. The van der Waals surface area contributed by atoms with E-state index in [1.54, 1.807) is 19.1 Å². The van der Waals surface area contributed by atoms with Crippen molar-refractivity contribution in [3.63, 3.8) is 0 Å². The van der Waals surface area contributed by atoms with Crippen LogP contribution in [0.5, 0.6) is 0 Å². The molecular formula is C48H109O12PReRfSW2. The molecule has 0 bridgehead atoms. The number of hydrogen-bond acceptors (Lipinski definition) is 11. The van der Waals surface area contributed by atoms with Gasteiger partial charge in [-0.2, -0.15) is 0 Å².